The zero-order valence-electron chi connectivity index (χ0n) is 5.71. The van der Waals surface area contributed by atoms with Gasteiger partial charge in [0.25, 0.3) is 0 Å². The van der Waals surface area contributed by atoms with Crippen LogP contribution < -0.4 is 5.11 Å². The molecule has 0 unspecified atom stereocenters. The van der Waals surface area contributed by atoms with Crippen LogP contribution in [0.1, 0.15) is 13.8 Å². The lowest BCUT2D eigenvalue weighted by molar-refractivity contribution is -0.308. The number of rotatable bonds is 3. The van der Waals surface area contributed by atoms with Crippen molar-refractivity contribution in [1.29, 1.82) is 0 Å². The number of aliphatic carboxylic acids is 1. The van der Waals surface area contributed by atoms with Crippen molar-refractivity contribution < 1.29 is 19.5 Å². The van der Waals surface area contributed by atoms with Crippen LogP contribution in [0.3, 0.4) is 0 Å². The first kappa shape index (κ1) is 8.81. The minimum absolute atomic E-state index is 0.687. The highest BCUT2D eigenvalue weighted by Gasteiger charge is 2.19. The van der Waals surface area contributed by atoms with E-state index >= 15 is 0 Å². The Labute approximate surface area is 57.8 Å². The summed E-state index contributed by atoms with van der Waals surface area (Å²) in [6.45, 7) is 2.09. The predicted molar refractivity (Wildman–Crippen MR) is 29.9 cm³/mol. The number of Topliss-reactive ketones (excluding diaryl/α,β-unsaturated/α-hetero) is 2. The van der Waals surface area contributed by atoms with Gasteiger partial charge in [0.1, 0.15) is 17.5 Å². The second-order valence-electron chi connectivity index (χ2n) is 1.97. The number of carboxylic acids is 1. The molecule has 0 amide bonds. The smallest absolute Gasteiger partial charge is 0.145 e. The van der Waals surface area contributed by atoms with Gasteiger partial charge in [-0.05, 0) is 13.8 Å². The van der Waals surface area contributed by atoms with Gasteiger partial charge in [0, 0.05) is 0 Å². The summed E-state index contributed by atoms with van der Waals surface area (Å²) in [6, 6.07) is 0. The van der Waals surface area contributed by atoms with Crippen LogP contribution in [0.4, 0.5) is 0 Å². The molecule has 0 saturated carbocycles. The first-order valence-electron chi connectivity index (χ1n) is 2.68. The van der Waals surface area contributed by atoms with Gasteiger partial charge in [-0.2, -0.15) is 0 Å². The highest BCUT2D eigenvalue weighted by Crippen LogP contribution is 1.97. The van der Waals surface area contributed by atoms with Crippen LogP contribution >= 0.6 is 0 Å². The lowest BCUT2D eigenvalue weighted by Crippen LogP contribution is -2.39. The van der Waals surface area contributed by atoms with Crippen LogP contribution in [0.25, 0.3) is 0 Å². The average molecular weight is 143 g/mol. The third kappa shape index (κ3) is 1.97. The van der Waals surface area contributed by atoms with E-state index in [2.05, 4.69) is 0 Å². The Bertz CT molecular complexity index is 149. The topological polar surface area (TPSA) is 74.3 Å². The van der Waals surface area contributed by atoms with Gasteiger partial charge >= 0.3 is 0 Å². The van der Waals surface area contributed by atoms with E-state index in [1.807, 2.05) is 0 Å². The summed E-state index contributed by atoms with van der Waals surface area (Å²) in [7, 11) is 0. The summed E-state index contributed by atoms with van der Waals surface area (Å²) >= 11 is 0. The second-order valence-corrected chi connectivity index (χ2v) is 1.97. The molecule has 4 nitrogen and oxygen atoms in total. The monoisotopic (exact) mass is 143 g/mol. The van der Waals surface area contributed by atoms with Gasteiger partial charge in [0.2, 0.25) is 0 Å². The number of ketones is 2. The standard InChI is InChI=1S/C6H8O4/c1-3(7)5(4(2)8)6(9)10/h5H,1-2H3,(H,9,10)/p-1. The number of hydrogen-bond donors (Lipinski definition) is 0. The summed E-state index contributed by atoms with van der Waals surface area (Å²) < 4.78 is 0. The Balaban J connectivity index is 4.43. The van der Waals surface area contributed by atoms with Gasteiger partial charge in [-0.3, -0.25) is 9.59 Å². The lowest BCUT2D eigenvalue weighted by atomic mass is 10.0. The molecular weight excluding hydrogens is 136 g/mol. The van der Waals surface area contributed by atoms with E-state index in [0.29, 0.717) is 0 Å². The largest absolute Gasteiger partial charge is 0.549 e. The number of hydrogen-bond acceptors (Lipinski definition) is 4. The van der Waals surface area contributed by atoms with Crippen molar-refractivity contribution in [2.75, 3.05) is 0 Å². The van der Waals surface area contributed by atoms with E-state index < -0.39 is 23.5 Å². The molecule has 0 N–H and O–H groups in total. The molecule has 0 spiro atoms. The zero-order chi connectivity index (χ0) is 8.31. The highest BCUT2D eigenvalue weighted by atomic mass is 16.4. The van der Waals surface area contributed by atoms with Crippen molar-refractivity contribution in [3.8, 4) is 0 Å². The molecule has 0 atom stereocenters. The summed E-state index contributed by atoms with van der Waals surface area (Å²) in [5.74, 6) is -4.58. The van der Waals surface area contributed by atoms with E-state index in [0.717, 1.165) is 13.8 Å². The van der Waals surface area contributed by atoms with E-state index in [-0.39, 0.29) is 0 Å². The minimum Gasteiger partial charge on any atom is -0.549 e. The molecule has 10 heavy (non-hydrogen) atoms. The fourth-order valence-electron chi connectivity index (χ4n) is 0.618. The number of carboxylic acid groups (broad SMARTS) is 1. The lowest BCUT2D eigenvalue weighted by Gasteiger charge is -2.09. The van der Waals surface area contributed by atoms with Crippen LogP contribution in [-0.2, 0) is 14.4 Å². The maximum absolute atomic E-state index is 10.4. The zero-order valence-corrected chi connectivity index (χ0v) is 5.71. The highest BCUT2D eigenvalue weighted by molar-refractivity contribution is 6.14. The molecule has 4 heteroatoms. The number of carbonyl (C=O) groups is 3. The molecule has 56 valence electrons. The molecular formula is C6H7O4-. The Morgan fingerprint density at radius 1 is 1.10 bits per heavy atom. The van der Waals surface area contributed by atoms with Crippen LogP contribution in [-0.4, -0.2) is 17.5 Å². The van der Waals surface area contributed by atoms with Gasteiger partial charge in [-0.25, -0.2) is 0 Å². The SMILES string of the molecule is CC(=O)C(C(C)=O)C(=O)[O-]. The second kappa shape index (κ2) is 3.10. The summed E-state index contributed by atoms with van der Waals surface area (Å²) in [5.41, 5.74) is 0. The Hall–Kier alpha value is -1.19. The molecule has 0 aromatic rings. The van der Waals surface area contributed by atoms with E-state index in [9.17, 15) is 19.5 Å². The number of carbonyl (C=O) groups excluding carboxylic acids is 3. The molecule has 0 saturated heterocycles. The van der Waals surface area contributed by atoms with Crippen LogP contribution in [0.5, 0.6) is 0 Å². The summed E-state index contributed by atoms with van der Waals surface area (Å²) in [4.78, 5) is 30.8. The van der Waals surface area contributed by atoms with Gasteiger partial charge in [0.05, 0.1) is 5.97 Å². The molecule has 0 aliphatic rings. The van der Waals surface area contributed by atoms with Crippen LogP contribution in [0.2, 0.25) is 0 Å². The van der Waals surface area contributed by atoms with E-state index in [1.165, 1.54) is 0 Å². The molecule has 0 rings (SSSR count). The van der Waals surface area contributed by atoms with E-state index in [1.54, 1.807) is 0 Å². The van der Waals surface area contributed by atoms with Crippen LogP contribution in [0.15, 0.2) is 0 Å². The fraction of sp³-hybridized carbons (Fsp3) is 0.500. The van der Waals surface area contributed by atoms with Crippen molar-refractivity contribution in [2.45, 2.75) is 13.8 Å². The average Bonchev–Trinajstić information content (AvgIpc) is 1.59. The van der Waals surface area contributed by atoms with Crippen LogP contribution in [0, 0.1) is 5.92 Å². The van der Waals surface area contributed by atoms with Gasteiger partial charge in [-0.1, -0.05) is 0 Å². The molecule has 0 aromatic heterocycles. The van der Waals surface area contributed by atoms with Gasteiger partial charge < -0.3 is 9.90 Å². The Kier molecular flexibility index (Phi) is 2.73. The Morgan fingerprint density at radius 2 is 1.40 bits per heavy atom. The van der Waals surface area contributed by atoms with Gasteiger partial charge in [-0.15, -0.1) is 0 Å². The van der Waals surface area contributed by atoms with Crippen molar-refractivity contribution in [3.05, 3.63) is 0 Å². The third-order valence-electron chi connectivity index (χ3n) is 1.05. The molecule has 0 aliphatic carbocycles. The Morgan fingerprint density at radius 3 is 1.40 bits per heavy atom. The van der Waals surface area contributed by atoms with Crippen molar-refractivity contribution in [2.24, 2.45) is 5.92 Å². The molecule has 0 radical (unpaired) electrons. The summed E-state index contributed by atoms with van der Waals surface area (Å²) in [5, 5.41) is 10.0. The first-order chi connectivity index (χ1) is 4.46. The van der Waals surface area contributed by atoms with E-state index in [4.69, 9.17) is 0 Å². The molecule has 0 fully saturated rings. The minimum atomic E-state index is -1.62. The van der Waals surface area contributed by atoms with Crippen molar-refractivity contribution in [1.82, 2.24) is 0 Å². The third-order valence-corrected chi connectivity index (χ3v) is 1.05. The predicted octanol–water partition coefficient (Wildman–Crippen LogP) is -1.47. The molecule has 0 bridgehead atoms. The van der Waals surface area contributed by atoms with Crippen molar-refractivity contribution in [3.63, 3.8) is 0 Å². The van der Waals surface area contributed by atoms with Gasteiger partial charge in [0.15, 0.2) is 0 Å². The quantitative estimate of drug-likeness (QED) is 0.452. The molecule has 0 aromatic carbocycles. The van der Waals surface area contributed by atoms with Crippen molar-refractivity contribution >= 4 is 17.5 Å². The fourth-order valence-corrected chi connectivity index (χ4v) is 0.618. The molecule has 0 heterocycles. The maximum atomic E-state index is 10.4. The maximum Gasteiger partial charge on any atom is 0.145 e. The molecule has 0 aliphatic heterocycles. The first-order valence-corrected chi connectivity index (χ1v) is 2.68. The normalized spacial score (nSPS) is 9.50. The summed E-state index contributed by atoms with van der Waals surface area (Å²) in [6.07, 6.45) is 0.